The quantitative estimate of drug-likeness (QED) is 0.894. The van der Waals surface area contributed by atoms with Gasteiger partial charge in [0.05, 0.1) is 11.6 Å². The van der Waals surface area contributed by atoms with Crippen LogP contribution in [-0.4, -0.2) is 11.4 Å². The van der Waals surface area contributed by atoms with Crippen LogP contribution in [-0.2, 0) is 4.79 Å². The maximum absolute atomic E-state index is 11.1. The van der Waals surface area contributed by atoms with Crippen molar-refractivity contribution in [2.45, 2.75) is 25.8 Å². The van der Waals surface area contributed by atoms with Gasteiger partial charge in [-0.15, -0.1) is 0 Å². The van der Waals surface area contributed by atoms with Crippen molar-refractivity contribution in [2.75, 3.05) is 5.32 Å². The number of nitrogens with two attached hydrogens (primary N) is 1. The van der Waals surface area contributed by atoms with Crippen LogP contribution in [0.1, 0.15) is 25.8 Å². The van der Waals surface area contributed by atoms with Crippen molar-refractivity contribution < 1.29 is 4.79 Å². The Hall–Kier alpha value is -2.54. The smallest absolute Gasteiger partial charge is 0.219 e. The second-order valence-electron chi connectivity index (χ2n) is 5.47. The number of hydrogen-bond donors (Lipinski definition) is 2. The number of amides is 1. The first-order valence-corrected chi connectivity index (χ1v) is 6.41. The molecule has 2 aromatic carbocycles. The molecule has 0 unspecified atom stereocenters. The lowest BCUT2D eigenvalue weighted by molar-refractivity contribution is -0.118. The van der Waals surface area contributed by atoms with Gasteiger partial charge in [0.25, 0.3) is 0 Å². The van der Waals surface area contributed by atoms with E-state index in [0.29, 0.717) is 5.56 Å². The molecular weight excluding hydrogens is 250 g/mol. The number of benzene rings is 2. The number of fused-ring (bicyclic) bond motifs is 1. The average Bonchev–Trinajstić information content (AvgIpc) is 2.37. The van der Waals surface area contributed by atoms with Gasteiger partial charge in [-0.05, 0) is 26.0 Å². The van der Waals surface area contributed by atoms with E-state index in [9.17, 15) is 4.79 Å². The van der Waals surface area contributed by atoms with E-state index in [-0.39, 0.29) is 12.3 Å². The van der Waals surface area contributed by atoms with Crippen molar-refractivity contribution in [3.63, 3.8) is 0 Å². The molecule has 0 aliphatic rings. The van der Waals surface area contributed by atoms with Gasteiger partial charge in [-0.2, -0.15) is 5.26 Å². The minimum Gasteiger partial charge on any atom is -0.379 e. The predicted octanol–water partition coefficient (Wildman–Crippen LogP) is 2.78. The van der Waals surface area contributed by atoms with Crippen molar-refractivity contribution >= 4 is 22.4 Å². The summed E-state index contributed by atoms with van der Waals surface area (Å²) in [6.45, 7) is 3.84. The van der Waals surface area contributed by atoms with Crippen molar-refractivity contribution in [1.29, 1.82) is 5.26 Å². The largest absolute Gasteiger partial charge is 0.379 e. The number of rotatable bonds is 4. The molecule has 0 heterocycles. The molecule has 0 aromatic heterocycles. The van der Waals surface area contributed by atoms with Crippen molar-refractivity contribution in [2.24, 2.45) is 5.73 Å². The lowest BCUT2D eigenvalue weighted by Crippen LogP contribution is -2.36. The zero-order valence-electron chi connectivity index (χ0n) is 11.6. The molecule has 1 amide bonds. The van der Waals surface area contributed by atoms with Crippen LogP contribution in [0.5, 0.6) is 0 Å². The minimum atomic E-state index is -0.442. The first-order chi connectivity index (χ1) is 9.43. The van der Waals surface area contributed by atoms with E-state index in [1.807, 2.05) is 44.2 Å². The van der Waals surface area contributed by atoms with Crippen LogP contribution in [0.25, 0.3) is 10.8 Å². The Morgan fingerprint density at radius 2 is 1.90 bits per heavy atom. The van der Waals surface area contributed by atoms with Crippen LogP contribution < -0.4 is 11.1 Å². The van der Waals surface area contributed by atoms with Gasteiger partial charge in [-0.25, -0.2) is 0 Å². The van der Waals surface area contributed by atoms with E-state index in [2.05, 4.69) is 11.4 Å². The standard InChI is InChI=1S/C16H17N3O/c1-16(2,9-15(18)20)19-14-8-7-11(10-17)12-5-3-4-6-13(12)14/h3-8,19H,9H2,1-2H3,(H2,18,20). The fraction of sp³-hybridized carbons (Fsp3) is 0.250. The molecule has 20 heavy (non-hydrogen) atoms. The highest BCUT2D eigenvalue weighted by molar-refractivity contribution is 5.97. The summed E-state index contributed by atoms with van der Waals surface area (Å²) in [5.74, 6) is -0.347. The molecule has 0 fully saturated rings. The van der Waals surface area contributed by atoms with Crippen LogP contribution >= 0.6 is 0 Å². The summed E-state index contributed by atoms with van der Waals surface area (Å²) in [6.07, 6.45) is 0.237. The molecule has 0 radical (unpaired) electrons. The Kier molecular flexibility index (Phi) is 3.62. The number of nitrogens with one attached hydrogen (secondary N) is 1. The van der Waals surface area contributed by atoms with Gasteiger partial charge in [0.1, 0.15) is 0 Å². The van der Waals surface area contributed by atoms with Crippen LogP contribution in [0.15, 0.2) is 36.4 Å². The summed E-state index contributed by atoms with van der Waals surface area (Å²) in [4.78, 5) is 11.1. The highest BCUT2D eigenvalue weighted by Crippen LogP contribution is 2.29. The highest BCUT2D eigenvalue weighted by Gasteiger charge is 2.21. The molecule has 0 aliphatic carbocycles. The van der Waals surface area contributed by atoms with Gasteiger partial charge in [0, 0.05) is 28.4 Å². The first-order valence-electron chi connectivity index (χ1n) is 6.41. The summed E-state index contributed by atoms with van der Waals surface area (Å²) >= 11 is 0. The first kappa shape index (κ1) is 13.9. The summed E-state index contributed by atoms with van der Waals surface area (Å²) in [5.41, 5.74) is 6.36. The SMILES string of the molecule is CC(C)(CC(N)=O)Nc1ccc(C#N)c2ccccc12. The summed E-state index contributed by atoms with van der Waals surface area (Å²) in [6, 6.07) is 13.5. The second kappa shape index (κ2) is 5.22. The number of primary amides is 1. The van der Waals surface area contributed by atoms with E-state index >= 15 is 0 Å². The van der Waals surface area contributed by atoms with Gasteiger partial charge in [-0.1, -0.05) is 24.3 Å². The zero-order chi connectivity index (χ0) is 14.8. The topological polar surface area (TPSA) is 78.9 Å². The van der Waals surface area contributed by atoms with Crippen LogP contribution in [0.4, 0.5) is 5.69 Å². The lowest BCUT2D eigenvalue weighted by atomic mass is 9.97. The van der Waals surface area contributed by atoms with Crippen LogP contribution in [0, 0.1) is 11.3 Å². The Morgan fingerprint density at radius 3 is 2.50 bits per heavy atom. The maximum Gasteiger partial charge on any atom is 0.219 e. The lowest BCUT2D eigenvalue weighted by Gasteiger charge is -2.27. The maximum atomic E-state index is 11.1. The number of nitriles is 1. The molecule has 0 spiro atoms. The Bertz CT molecular complexity index is 698. The molecule has 0 aliphatic heterocycles. The molecule has 0 saturated carbocycles. The molecule has 0 bridgehead atoms. The third-order valence-electron chi connectivity index (χ3n) is 3.13. The van der Waals surface area contributed by atoms with E-state index in [1.54, 1.807) is 6.07 Å². The van der Waals surface area contributed by atoms with Crippen molar-refractivity contribution in [3.05, 3.63) is 42.0 Å². The molecule has 102 valence electrons. The Balaban J connectivity index is 2.46. The number of hydrogen-bond acceptors (Lipinski definition) is 3. The number of anilines is 1. The molecule has 4 nitrogen and oxygen atoms in total. The van der Waals surface area contributed by atoms with Gasteiger partial charge in [0.15, 0.2) is 0 Å². The Morgan fingerprint density at radius 1 is 1.25 bits per heavy atom. The number of nitrogens with zero attached hydrogens (tertiary/aromatic N) is 1. The fourth-order valence-corrected chi connectivity index (χ4v) is 2.35. The number of carbonyl (C=O) groups is 1. The summed E-state index contributed by atoms with van der Waals surface area (Å²) in [5, 5.41) is 14.3. The molecule has 3 N–H and O–H groups in total. The van der Waals surface area contributed by atoms with Gasteiger partial charge in [-0.3, -0.25) is 4.79 Å². The van der Waals surface area contributed by atoms with E-state index in [0.717, 1.165) is 16.5 Å². The summed E-state index contributed by atoms with van der Waals surface area (Å²) < 4.78 is 0. The molecule has 2 aromatic rings. The monoisotopic (exact) mass is 267 g/mol. The second-order valence-corrected chi connectivity index (χ2v) is 5.47. The predicted molar refractivity (Wildman–Crippen MR) is 80.2 cm³/mol. The number of carbonyl (C=O) groups excluding carboxylic acids is 1. The van der Waals surface area contributed by atoms with Gasteiger partial charge in [0.2, 0.25) is 5.91 Å². The third kappa shape index (κ3) is 2.89. The van der Waals surface area contributed by atoms with Crippen molar-refractivity contribution in [1.82, 2.24) is 0 Å². The van der Waals surface area contributed by atoms with E-state index < -0.39 is 5.54 Å². The van der Waals surface area contributed by atoms with Gasteiger partial charge < -0.3 is 11.1 Å². The Labute approximate surface area is 118 Å². The van der Waals surface area contributed by atoms with Crippen molar-refractivity contribution in [3.8, 4) is 6.07 Å². The van der Waals surface area contributed by atoms with Crippen LogP contribution in [0.3, 0.4) is 0 Å². The molecule has 4 heteroatoms. The zero-order valence-corrected chi connectivity index (χ0v) is 11.6. The average molecular weight is 267 g/mol. The van der Waals surface area contributed by atoms with Crippen LogP contribution in [0.2, 0.25) is 0 Å². The van der Waals surface area contributed by atoms with E-state index in [1.165, 1.54) is 0 Å². The molecule has 2 rings (SSSR count). The summed E-state index contributed by atoms with van der Waals surface area (Å²) in [7, 11) is 0. The fourth-order valence-electron chi connectivity index (χ4n) is 2.35. The van der Waals surface area contributed by atoms with Gasteiger partial charge >= 0.3 is 0 Å². The van der Waals surface area contributed by atoms with E-state index in [4.69, 9.17) is 11.0 Å². The molecule has 0 atom stereocenters. The minimum absolute atomic E-state index is 0.237. The normalized spacial score (nSPS) is 11.1. The third-order valence-corrected chi connectivity index (χ3v) is 3.13. The highest BCUT2D eigenvalue weighted by atomic mass is 16.1. The molecule has 0 saturated heterocycles. The molecular formula is C16H17N3O.